The van der Waals surface area contributed by atoms with E-state index in [-0.39, 0.29) is 0 Å². The molecular formula is C6H16O3S3. The first-order valence-corrected chi connectivity index (χ1v) is 7.34. The Kier molecular flexibility index (Phi) is 17.8. The van der Waals surface area contributed by atoms with E-state index in [1.807, 2.05) is 21.6 Å². The summed E-state index contributed by atoms with van der Waals surface area (Å²) in [6.45, 7) is 4.44. The largest absolute Gasteiger partial charge is 0.288 e. The topological polar surface area (TPSA) is 54.4 Å². The molecule has 0 spiro atoms. The molecule has 0 aliphatic carbocycles. The molecule has 0 rings (SSSR count). The lowest BCUT2D eigenvalue weighted by Crippen LogP contribution is -1.70. The molecule has 0 saturated heterocycles. The van der Waals surface area contributed by atoms with Crippen LogP contribution in [0.1, 0.15) is 26.7 Å². The van der Waals surface area contributed by atoms with Crippen molar-refractivity contribution in [2.75, 3.05) is 11.5 Å². The molecule has 0 aromatic heterocycles. The quantitative estimate of drug-likeness (QED) is 0.329. The Morgan fingerprint density at radius 1 is 1.08 bits per heavy atom. The van der Waals surface area contributed by atoms with E-state index in [9.17, 15) is 0 Å². The molecule has 12 heavy (non-hydrogen) atoms. The van der Waals surface area contributed by atoms with Gasteiger partial charge in [-0.3, -0.25) is 4.55 Å². The predicted molar refractivity (Wildman–Crippen MR) is 58.4 cm³/mol. The summed E-state index contributed by atoms with van der Waals surface area (Å²) < 4.78 is 24.2. The van der Waals surface area contributed by atoms with Gasteiger partial charge in [0.2, 0.25) is 0 Å². The van der Waals surface area contributed by atoms with Crippen LogP contribution in [-0.4, -0.2) is 24.5 Å². The molecule has 0 bridgehead atoms. The average Bonchev–Trinajstić information content (AvgIpc) is 1.97. The van der Waals surface area contributed by atoms with Crippen molar-refractivity contribution in [2.24, 2.45) is 0 Å². The first-order chi connectivity index (χ1) is 5.65. The van der Waals surface area contributed by atoms with Gasteiger partial charge in [-0.05, 0) is 12.8 Å². The SMILES string of the molecule is CCCSSCCC.O=[SH](=O)O. The molecule has 6 heteroatoms. The van der Waals surface area contributed by atoms with E-state index in [4.69, 9.17) is 13.0 Å². The Bertz CT molecular complexity index is 122. The van der Waals surface area contributed by atoms with Crippen LogP contribution in [-0.2, 0) is 11.0 Å². The van der Waals surface area contributed by atoms with Crippen LogP contribution in [0.5, 0.6) is 0 Å². The van der Waals surface area contributed by atoms with Crippen molar-refractivity contribution >= 4 is 32.6 Å². The summed E-state index contributed by atoms with van der Waals surface area (Å²) in [7, 11) is 0.869. The van der Waals surface area contributed by atoms with E-state index < -0.39 is 11.0 Å². The highest BCUT2D eigenvalue weighted by Crippen LogP contribution is 2.21. The van der Waals surface area contributed by atoms with Crippen LogP contribution in [0.2, 0.25) is 0 Å². The van der Waals surface area contributed by atoms with E-state index in [2.05, 4.69) is 13.8 Å². The van der Waals surface area contributed by atoms with Crippen molar-refractivity contribution in [1.82, 2.24) is 0 Å². The van der Waals surface area contributed by atoms with Crippen molar-refractivity contribution in [3.63, 3.8) is 0 Å². The first-order valence-electron chi connectivity index (χ1n) is 3.72. The van der Waals surface area contributed by atoms with E-state index >= 15 is 0 Å². The van der Waals surface area contributed by atoms with Gasteiger partial charge in [-0.1, -0.05) is 35.4 Å². The van der Waals surface area contributed by atoms with Crippen LogP contribution in [0.3, 0.4) is 0 Å². The van der Waals surface area contributed by atoms with Gasteiger partial charge in [-0.15, -0.1) is 0 Å². The maximum absolute atomic E-state index is 8.59. The molecule has 3 nitrogen and oxygen atoms in total. The Morgan fingerprint density at radius 3 is 1.50 bits per heavy atom. The highest BCUT2D eigenvalue weighted by atomic mass is 33.1. The second-order valence-electron chi connectivity index (χ2n) is 1.88. The summed E-state index contributed by atoms with van der Waals surface area (Å²) in [4.78, 5) is 0. The van der Waals surface area contributed by atoms with Crippen LogP contribution in [0.4, 0.5) is 0 Å². The van der Waals surface area contributed by atoms with Gasteiger partial charge in [0, 0.05) is 11.5 Å². The Hall–Kier alpha value is 0.610. The highest BCUT2D eigenvalue weighted by molar-refractivity contribution is 8.76. The monoisotopic (exact) mass is 232 g/mol. The summed E-state index contributed by atoms with van der Waals surface area (Å²) >= 11 is 0. The Labute approximate surface area is 83.9 Å². The van der Waals surface area contributed by atoms with Gasteiger partial charge in [-0.2, -0.15) is 0 Å². The standard InChI is InChI=1S/C6H14S2.H2O3S/c1-3-5-7-8-6-4-2;1-4(2)3/h3-6H2,1-2H3;4H,(H,1,2,3). The fraction of sp³-hybridized carbons (Fsp3) is 1.00. The summed E-state index contributed by atoms with van der Waals surface area (Å²) in [6.07, 6.45) is 2.61. The zero-order valence-electron chi connectivity index (χ0n) is 7.36. The normalized spacial score (nSPS) is 9.33. The fourth-order valence-electron chi connectivity index (χ4n) is 0.285. The third-order valence-corrected chi connectivity index (χ3v) is 3.47. The molecule has 0 amide bonds. The average molecular weight is 232 g/mol. The van der Waals surface area contributed by atoms with Gasteiger partial charge in [0.05, 0.1) is 0 Å². The third-order valence-electron chi connectivity index (χ3n) is 0.658. The molecule has 0 unspecified atom stereocenters. The van der Waals surface area contributed by atoms with E-state index in [1.165, 1.54) is 24.3 Å². The van der Waals surface area contributed by atoms with E-state index in [0.717, 1.165) is 0 Å². The van der Waals surface area contributed by atoms with Gasteiger partial charge in [0.15, 0.2) is 0 Å². The molecule has 0 fully saturated rings. The van der Waals surface area contributed by atoms with Gasteiger partial charge in [0.1, 0.15) is 0 Å². The van der Waals surface area contributed by atoms with Crippen molar-refractivity contribution in [3.05, 3.63) is 0 Å². The van der Waals surface area contributed by atoms with Crippen LogP contribution in [0, 0.1) is 0 Å². The van der Waals surface area contributed by atoms with Crippen molar-refractivity contribution in [2.45, 2.75) is 26.7 Å². The fourth-order valence-corrected chi connectivity index (χ4v) is 2.56. The van der Waals surface area contributed by atoms with E-state index in [0.29, 0.717) is 0 Å². The minimum absolute atomic E-state index is 1.31. The zero-order valence-corrected chi connectivity index (χ0v) is 9.88. The number of rotatable bonds is 5. The van der Waals surface area contributed by atoms with Gasteiger partial charge in [0.25, 0.3) is 11.0 Å². The lowest BCUT2D eigenvalue weighted by molar-refractivity contribution is 0.509. The highest BCUT2D eigenvalue weighted by Gasteiger charge is 1.83. The predicted octanol–water partition coefficient (Wildman–Crippen LogP) is 2.26. The molecule has 0 aromatic rings. The lowest BCUT2D eigenvalue weighted by Gasteiger charge is -1.93. The van der Waals surface area contributed by atoms with Crippen molar-refractivity contribution < 1.29 is 13.0 Å². The number of hydrogen-bond acceptors (Lipinski definition) is 4. The molecule has 0 heterocycles. The molecule has 0 aliphatic heterocycles. The van der Waals surface area contributed by atoms with Crippen molar-refractivity contribution in [3.8, 4) is 0 Å². The smallest absolute Gasteiger partial charge is 0.254 e. The minimum Gasteiger partial charge on any atom is -0.288 e. The van der Waals surface area contributed by atoms with Gasteiger partial charge >= 0.3 is 0 Å². The van der Waals surface area contributed by atoms with Crippen LogP contribution in [0.25, 0.3) is 0 Å². The lowest BCUT2D eigenvalue weighted by atomic mass is 10.6. The van der Waals surface area contributed by atoms with Gasteiger partial charge < -0.3 is 0 Å². The first kappa shape index (κ1) is 15.1. The molecule has 76 valence electrons. The van der Waals surface area contributed by atoms with Crippen LogP contribution >= 0.6 is 21.6 Å². The summed E-state index contributed by atoms with van der Waals surface area (Å²) in [5.41, 5.74) is 0. The molecular weight excluding hydrogens is 216 g/mol. The minimum atomic E-state index is -3.12. The molecule has 0 aromatic carbocycles. The third kappa shape index (κ3) is 31.1. The Morgan fingerprint density at radius 2 is 1.33 bits per heavy atom. The maximum Gasteiger partial charge on any atom is 0.254 e. The summed E-state index contributed by atoms with van der Waals surface area (Å²) in [5.74, 6) is 2.62. The Balaban J connectivity index is 0. The van der Waals surface area contributed by atoms with Crippen LogP contribution < -0.4 is 0 Å². The number of hydrogen-bond donors (Lipinski definition) is 2. The molecule has 1 N–H and O–H groups in total. The maximum atomic E-state index is 8.59. The zero-order chi connectivity index (χ0) is 9.82. The molecule has 0 saturated carbocycles. The second kappa shape index (κ2) is 14.2. The van der Waals surface area contributed by atoms with Crippen molar-refractivity contribution in [1.29, 1.82) is 0 Å². The molecule has 0 aliphatic rings. The van der Waals surface area contributed by atoms with Crippen LogP contribution in [0.15, 0.2) is 0 Å². The van der Waals surface area contributed by atoms with E-state index in [1.54, 1.807) is 0 Å². The molecule has 0 radical (unpaired) electrons. The number of thiol groups is 1. The summed E-state index contributed by atoms with van der Waals surface area (Å²) in [6, 6.07) is 0. The second-order valence-corrected chi connectivity index (χ2v) is 5.06. The molecule has 0 atom stereocenters. The van der Waals surface area contributed by atoms with Gasteiger partial charge in [-0.25, -0.2) is 8.42 Å². The summed E-state index contributed by atoms with van der Waals surface area (Å²) in [5, 5.41) is 0.